The molecule has 48 heavy (non-hydrogen) atoms. The summed E-state index contributed by atoms with van der Waals surface area (Å²) in [6, 6.07) is 8.34. The standard InChI is InChI=1S/C29H44BN6O11P/c1-20(2)16-24(35-26(38)22(17-21-6-4-3-5-7-21)34-27(39)23-19-31-8-9-32-23)30-46-14-12-36(13-15-47-30)11-10-33-25(37)18-29(42,28(40)41)48(43,44)45/h3-9,19-20,22,24,28,40-42H,10-18H2,1-2H3,(H,33,37)(H,34,39)(H,35,38)(H2,43,44,45)/t22-,24?,29?/m1/s1. The van der Waals surface area contributed by atoms with Gasteiger partial charge in [0.05, 0.1) is 18.6 Å². The molecule has 3 rings (SSSR count). The van der Waals surface area contributed by atoms with Crippen molar-refractivity contribution in [3.05, 3.63) is 60.2 Å². The lowest BCUT2D eigenvalue weighted by atomic mass is 9.73. The second kappa shape index (κ2) is 18.4. The second-order valence-electron chi connectivity index (χ2n) is 11.8. The van der Waals surface area contributed by atoms with E-state index in [0.717, 1.165) is 5.56 Å². The van der Waals surface area contributed by atoms with Crippen molar-refractivity contribution < 1.29 is 53.4 Å². The van der Waals surface area contributed by atoms with E-state index >= 15 is 0 Å². The zero-order valence-electron chi connectivity index (χ0n) is 26.8. The summed E-state index contributed by atoms with van der Waals surface area (Å²) in [6.07, 6.45) is 0.844. The molecule has 0 aliphatic carbocycles. The van der Waals surface area contributed by atoms with Crippen molar-refractivity contribution in [3.8, 4) is 0 Å². The molecule has 0 bridgehead atoms. The van der Waals surface area contributed by atoms with Gasteiger partial charge in [-0.2, -0.15) is 0 Å². The second-order valence-corrected chi connectivity index (χ2v) is 13.7. The minimum Gasteiger partial charge on any atom is -0.408 e. The van der Waals surface area contributed by atoms with Crippen LogP contribution in [0.25, 0.3) is 0 Å². The number of benzene rings is 1. The molecule has 0 spiro atoms. The first-order valence-corrected chi connectivity index (χ1v) is 17.1. The van der Waals surface area contributed by atoms with Gasteiger partial charge >= 0.3 is 14.7 Å². The molecule has 1 aliphatic heterocycles. The molecule has 1 aliphatic rings. The van der Waals surface area contributed by atoms with Crippen LogP contribution < -0.4 is 16.0 Å². The van der Waals surface area contributed by atoms with Gasteiger partial charge in [0.15, 0.2) is 6.29 Å². The van der Waals surface area contributed by atoms with Crippen molar-refractivity contribution in [1.82, 2.24) is 30.8 Å². The first kappa shape index (κ1) is 39.1. The molecule has 2 aromatic rings. The lowest BCUT2D eigenvalue weighted by Gasteiger charge is -2.32. The Morgan fingerprint density at radius 3 is 2.29 bits per heavy atom. The van der Waals surface area contributed by atoms with E-state index in [4.69, 9.17) is 9.31 Å². The van der Waals surface area contributed by atoms with Crippen LogP contribution in [-0.4, -0.2) is 128 Å². The van der Waals surface area contributed by atoms with Gasteiger partial charge in [-0.3, -0.25) is 28.8 Å². The predicted molar refractivity (Wildman–Crippen MR) is 172 cm³/mol. The molecule has 2 unspecified atom stereocenters. The Labute approximate surface area is 278 Å². The third kappa shape index (κ3) is 12.0. The molecule has 17 nitrogen and oxygen atoms in total. The van der Waals surface area contributed by atoms with Crippen LogP contribution in [0.15, 0.2) is 48.9 Å². The van der Waals surface area contributed by atoms with Gasteiger partial charge in [-0.1, -0.05) is 44.2 Å². The van der Waals surface area contributed by atoms with Crippen LogP contribution in [0.4, 0.5) is 0 Å². The summed E-state index contributed by atoms with van der Waals surface area (Å²) in [6.45, 7) is 5.56. The highest BCUT2D eigenvalue weighted by Gasteiger charge is 2.52. The van der Waals surface area contributed by atoms with Gasteiger partial charge in [0, 0.05) is 58.2 Å². The Morgan fingerprint density at radius 1 is 1.06 bits per heavy atom. The first-order valence-electron chi connectivity index (χ1n) is 15.5. The molecule has 0 saturated carbocycles. The molecule has 3 atom stereocenters. The number of nitrogens with zero attached hydrogens (tertiary/aromatic N) is 3. The molecule has 1 aromatic heterocycles. The number of nitrogens with one attached hydrogen (secondary N) is 3. The number of aliphatic hydroxyl groups excluding tert-OH is 1. The van der Waals surface area contributed by atoms with Gasteiger partial charge in [-0.25, -0.2) is 4.98 Å². The smallest absolute Gasteiger partial charge is 0.408 e. The summed E-state index contributed by atoms with van der Waals surface area (Å²) in [7, 11) is -6.23. The Hall–Kier alpha value is -3.32. The number of carbonyl (C=O) groups is 3. The molecule has 1 saturated heterocycles. The highest BCUT2D eigenvalue weighted by molar-refractivity contribution is 7.53. The molecular weight excluding hydrogens is 650 g/mol. The largest absolute Gasteiger partial charge is 0.480 e. The Morgan fingerprint density at radius 2 is 1.73 bits per heavy atom. The maximum absolute atomic E-state index is 13.7. The van der Waals surface area contributed by atoms with Crippen LogP contribution >= 0.6 is 7.60 Å². The molecule has 2 heterocycles. The molecule has 0 radical (unpaired) electrons. The predicted octanol–water partition coefficient (Wildman–Crippen LogP) is -1.59. The van der Waals surface area contributed by atoms with Gasteiger partial charge in [0.1, 0.15) is 11.7 Å². The number of aliphatic hydroxyl groups is 3. The summed E-state index contributed by atoms with van der Waals surface area (Å²) < 4.78 is 23.6. The number of rotatable bonds is 16. The number of amides is 3. The topological polar surface area (TPSA) is 253 Å². The number of hydrogen-bond donors (Lipinski definition) is 8. The SMILES string of the molecule is CC(C)CC(NC(=O)[C@@H](Cc1ccccc1)NC(=O)c1cnccn1)B1OCCN(CCNC(=O)CC(O)(C(O)O)P(=O)(O)O)CCO1. The van der Waals surface area contributed by atoms with Crippen molar-refractivity contribution in [2.24, 2.45) is 5.92 Å². The van der Waals surface area contributed by atoms with Crippen molar-refractivity contribution in [2.75, 3.05) is 39.4 Å². The Bertz CT molecular complexity index is 1360. The van der Waals surface area contributed by atoms with Crippen molar-refractivity contribution in [3.63, 3.8) is 0 Å². The molecule has 19 heteroatoms. The minimum atomic E-state index is -5.44. The molecular formula is C29H44BN6O11P. The zero-order chi connectivity index (χ0) is 35.3. The average molecular weight is 694 g/mol. The quantitative estimate of drug-likeness (QED) is 0.0561. The molecule has 3 amide bonds. The summed E-state index contributed by atoms with van der Waals surface area (Å²) >= 11 is 0. The number of carbonyl (C=O) groups excluding carboxylic acids is 3. The van der Waals surface area contributed by atoms with Crippen LogP contribution in [0.3, 0.4) is 0 Å². The fraction of sp³-hybridized carbons (Fsp3) is 0.552. The Kier molecular flexibility index (Phi) is 15.0. The van der Waals surface area contributed by atoms with E-state index in [2.05, 4.69) is 25.9 Å². The van der Waals surface area contributed by atoms with Crippen molar-refractivity contribution in [1.29, 1.82) is 0 Å². The minimum absolute atomic E-state index is 0.0240. The van der Waals surface area contributed by atoms with E-state index in [1.807, 2.05) is 49.1 Å². The third-order valence-corrected chi connectivity index (χ3v) is 8.95. The van der Waals surface area contributed by atoms with Gasteiger partial charge < -0.3 is 50.4 Å². The van der Waals surface area contributed by atoms with Crippen LogP contribution in [0.2, 0.25) is 0 Å². The van der Waals surface area contributed by atoms with Crippen LogP contribution in [-0.2, 0) is 29.9 Å². The summed E-state index contributed by atoms with van der Waals surface area (Å²) in [5.74, 6) is -2.35. The van der Waals surface area contributed by atoms with Crippen molar-refractivity contribution in [2.45, 2.75) is 56.7 Å². The van der Waals surface area contributed by atoms with Gasteiger partial charge in [-0.15, -0.1) is 0 Å². The molecule has 1 aromatic carbocycles. The molecule has 1 fully saturated rings. The van der Waals surface area contributed by atoms with Crippen LogP contribution in [0, 0.1) is 5.92 Å². The van der Waals surface area contributed by atoms with E-state index in [1.165, 1.54) is 18.6 Å². The van der Waals surface area contributed by atoms with E-state index in [1.54, 1.807) is 0 Å². The molecule has 8 N–H and O–H groups in total. The van der Waals surface area contributed by atoms with E-state index in [9.17, 15) is 44.1 Å². The molecule has 264 valence electrons. The number of aromatic nitrogens is 2. The monoisotopic (exact) mass is 694 g/mol. The number of hydrogen-bond acceptors (Lipinski definition) is 12. The highest BCUT2D eigenvalue weighted by Crippen LogP contribution is 2.52. The van der Waals surface area contributed by atoms with Crippen LogP contribution in [0.1, 0.15) is 42.7 Å². The fourth-order valence-electron chi connectivity index (χ4n) is 4.95. The lowest BCUT2D eigenvalue weighted by Crippen LogP contribution is -2.57. The summed E-state index contributed by atoms with van der Waals surface area (Å²) in [4.78, 5) is 67.2. The van der Waals surface area contributed by atoms with E-state index < -0.39 is 62.5 Å². The average Bonchev–Trinajstić information content (AvgIpc) is 3.01. The van der Waals surface area contributed by atoms with Gasteiger partial charge in [0.2, 0.25) is 17.2 Å². The van der Waals surface area contributed by atoms with E-state index in [0.29, 0.717) is 19.5 Å². The summed E-state index contributed by atoms with van der Waals surface area (Å²) in [5, 5.41) is 33.3. The van der Waals surface area contributed by atoms with Gasteiger partial charge in [-0.05, 0) is 17.9 Å². The maximum Gasteiger partial charge on any atom is 0.480 e. The fourth-order valence-corrected chi connectivity index (χ4v) is 5.60. The lowest BCUT2D eigenvalue weighted by molar-refractivity contribution is -0.161. The highest BCUT2D eigenvalue weighted by atomic mass is 31.2. The zero-order valence-corrected chi connectivity index (χ0v) is 27.7. The van der Waals surface area contributed by atoms with Crippen molar-refractivity contribution >= 4 is 32.4 Å². The first-order chi connectivity index (χ1) is 22.7. The van der Waals surface area contributed by atoms with Crippen LogP contribution in [0.5, 0.6) is 0 Å². The maximum atomic E-state index is 13.7. The van der Waals surface area contributed by atoms with Gasteiger partial charge in [0.25, 0.3) is 5.91 Å². The van der Waals surface area contributed by atoms with E-state index in [-0.39, 0.29) is 44.3 Å². The Balaban J connectivity index is 1.58. The third-order valence-electron chi connectivity index (χ3n) is 7.55. The summed E-state index contributed by atoms with van der Waals surface area (Å²) in [5.41, 5.74) is 0.917. The normalized spacial score (nSPS) is 17.1.